The van der Waals surface area contributed by atoms with Crippen LogP contribution in [0.3, 0.4) is 0 Å². The highest BCUT2D eigenvalue weighted by atomic mass is 19.1. The van der Waals surface area contributed by atoms with Gasteiger partial charge in [0.25, 0.3) is 0 Å². The molecule has 0 amide bonds. The third-order valence-corrected chi connectivity index (χ3v) is 3.59. The Kier molecular flexibility index (Phi) is 4.13. The standard InChI is InChI=1S/C14H21FN2/c1-11-10-12(4-5-13(11)15)14(6-7-16)17-8-2-3-9-17/h4-5,10,14H,2-3,6-9,16H2,1H3. The minimum Gasteiger partial charge on any atom is -0.330 e. The molecular formula is C14H21FN2. The van der Waals surface area contributed by atoms with Crippen LogP contribution in [0.4, 0.5) is 4.39 Å². The second-order valence-corrected chi connectivity index (χ2v) is 4.84. The van der Waals surface area contributed by atoms with E-state index in [9.17, 15) is 4.39 Å². The van der Waals surface area contributed by atoms with Crippen molar-refractivity contribution >= 4 is 0 Å². The summed E-state index contributed by atoms with van der Waals surface area (Å²) in [6.07, 6.45) is 3.48. The minimum atomic E-state index is -0.123. The van der Waals surface area contributed by atoms with Gasteiger partial charge in [-0.1, -0.05) is 12.1 Å². The molecule has 0 aromatic heterocycles. The topological polar surface area (TPSA) is 29.3 Å². The SMILES string of the molecule is Cc1cc(C(CCN)N2CCCC2)ccc1F. The lowest BCUT2D eigenvalue weighted by atomic mass is 10.00. The molecule has 1 heterocycles. The molecule has 17 heavy (non-hydrogen) atoms. The summed E-state index contributed by atoms with van der Waals surface area (Å²) in [5.74, 6) is -0.123. The Morgan fingerprint density at radius 2 is 2.06 bits per heavy atom. The third-order valence-electron chi connectivity index (χ3n) is 3.59. The molecule has 3 heteroatoms. The number of nitrogens with two attached hydrogens (primary N) is 1. The zero-order valence-electron chi connectivity index (χ0n) is 10.5. The number of hydrogen-bond acceptors (Lipinski definition) is 2. The number of rotatable bonds is 4. The number of halogens is 1. The number of aryl methyl sites for hydroxylation is 1. The van der Waals surface area contributed by atoms with Crippen molar-refractivity contribution in [2.45, 2.75) is 32.2 Å². The quantitative estimate of drug-likeness (QED) is 0.870. The molecule has 2 nitrogen and oxygen atoms in total. The van der Waals surface area contributed by atoms with Crippen LogP contribution in [0.5, 0.6) is 0 Å². The van der Waals surface area contributed by atoms with Crippen LogP contribution in [0.1, 0.15) is 36.4 Å². The van der Waals surface area contributed by atoms with Crippen LogP contribution < -0.4 is 5.73 Å². The summed E-state index contributed by atoms with van der Waals surface area (Å²) in [6, 6.07) is 5.81. The second kappa shape index (κ2) is 5.61. The molecule has 1 aromatic rings. The highest BCUT2D eigenvalue weighted by Crippen LogP contribution is 2.28. The largest absolute Gasteiger partial charge is 0.330 e. The fourth-order valence-corrected chi connectivity index (χ4v) is 2.65. The molecule has 1 unspecified atom stereocenters. The van der Waals surface area contributed by atoms with E-state index in [2.05, 4.69) is 4.90 Å². The van der Waals surface area contributed by atoms with Gasteiger partial charge in [-0.15, -0.1) is 0 Å². The molecule has 1 aliphatic heterocycles. The molecule has 0 saturated carbocycles. The average molecular weight is 236 g/mol. The van der Waals surface area contributed by atoms with Crippen LogP contribution in [0.15, 0.2) is 18.2 Å². The number of likely N-dealkylation sites (tertiary alicyclic amines) is 1. The van der Waals surface area contributed by atoms with Crippen LogP contribution in [0.2, 0.25) is 0 Å². The Balaban J connectivity index is 2.21. The van der Waals surface area contributed by atoms with Gasteiger partial charge in [-0.2, -0.15) is 0 Å². The van der Waals surface area contributed by atoms with Gasteiger partial charge in [0.2, 0.25) is 0 Å². The number of nitrogens with zero attached hydrogens (tertiary/aromatic N) is 1. The van der Waals surface area contributed by atoms with Crippen LogP contribution in [-0.4, -0.2) is 24.5 Å². The van der Waals surface area contributed by atoms with E-state index in [1.54, 1.807) is 6.07 Å². The maximum atomic E-state index is 13.3. The van der Waals surface area contributed by atoms with E-state index in [0.29, 0.717) is 12.6 Å². The zero-order chi connectivity index (χ0) is 12.3. The van der Waals surface area contributed by atoms with Crippen LogP contribution >= 0.6 is 0 Å². The van der Waals surface area contributed by atoms with Crippen molar-refractivity contribution in [2.75, 3.05) is 19.6 Å². The van der Waals surface area contributed by atoms with E-state index in [1.165, 1.54) is 18.4 Å². The van der Waals surface area contributed by atoms with Gasteiger partial charge in [-0.3, -0.25) is 4.90 Å². The van der Waals surface area contributed by atoms with E-state index >= 15 is 0 Å². The molecule has 0 bridgehead atoms. The highest BCUT2D eigenvalue weighted by Gasteiger charge is 2.22. The molecule has 1 aromatic carbocycles. The smallest absolute Gasteiger partial charge is 0.126 e. The number of hydrogen-bond donors (Lipinski definition) is 1. The first-order valence-corrected chi connectivity index (χ1v) is 6.42. The molecule has 0 spiro atoms. The number of benzene rings is 1. The Labute approximate surface area is 103 Å². The monoisotopic (exact) mass is 236 g/mol. The predicted octanol–water partition coefficient (Wildman–Crippen LogP) is 2.62. The maximum absolute atomic E-state index is 13.3. The lowest BCUT2D eigenvalue weighted by molar-refractivity contribution is 0.236. The molecule has 1 aliphatic rings. The van der Waals surface area contributed by atoms with Crippen molar-refractivity contribution in [3.8, 4) is 0 Å². The maximum Gasteiger partial charge on any atom is 0.126 e. The zero-order valence-corrected chi connectivity index (χ0v) is 10.5. The summed E-state index contributed by atoms with van der Waals surface area (Å²) in [7, 11) is 0. The molecule has 0 aliphatic carbocycles. The first kappa shape index (κ1) is 12.5. The average Bonchev–Trinajstić information content (AvgIpc) is 2.83. The summed E-state index contributed by atoms with van der Waals surface area (Å²) in [4.78, 5) is 2.47. The molecule has 1 saturated heterocycles. The first-order valence-electron chi connectivity index (χ1n) is 6.42. The van der Waals surface area contributed by atoms with Crippen molar-refractivity contribution in [2.24, 2.45) is 5.73 Å². The van der Waals surface area contributed by atoms with Crippen LogP contribution in [0, 0.1) is 12.7 Å². The van der Waals surface area contributed by atoms with E-state index in [-0.39, 0.29) is 5.82 Å². The summed E-state index contributed by atoms with van der Waals surface area (Å²) in [5.41, 5.74) is 7.63. The van der Waals surface area contributed by atoms with Crippen molar-refractivity contribution < 1.29 is 4.39 Å². The summed E-state index contributed by atoms with van der Waals surface area (Å²) in [6.45, 7) is 4.78. The van der Waals surface area contributed by atoms with Crippen molar-refractivity contribution in [3.63, 3.8) is 0 Å². The summed E-state index contributed by atoms with van der Waals surface area (Å²) >= 11 is 0. The van der Waals surface area contributed by atoms with Gasteiger partial charge in [0.15, 0.2) is 0 Å². The molecule has 2 N–H and O–H groups in total. The van der Waals surface area contributed by atoms with E-state index in [0.717, 1.165) is 25.1 Å². The second-order valence-electron chi connectivity index (χ2n) is 4.84. The Bertz CT molecular complexity index is 372. The van der Waals surface area contributed by atoms with Crippen molar-refractivity contribution in [1.82, 2.24) is 4.90 Å². The lowest BCUT2D eigenvalue weighted by Crippen LogP contribution is -2.27. The predicted molar refractivity (Wildman–Crippen MR) is 68.4 cm³/mol. The van der Waals surface area contributed by atoms with Gasteiger partial charge in [-0.05, 0) is 63.0 Å². The third kappa shape index (κ3) is 2.85. The van der Waals surface area contributed by atoms with E-state index in [1.807, 2.05) is 19.1 Å². The van der Waals surface area contributed by atoms with Gasteiger partial charge < -0.3 is 5.73 Å². The van der Waals surface area contributed by atoms with Crippen LogP contribution in [-0.2, 0) is 0 Å². The Morgan fingerprint density at radius 1 is 1.35 bits per heavy atom. The first-order chi connectivity index (χ1) is 8.22. The van der Waals surface area contributed by atoms with Gasteiger partial charge in [0.05, 0.1) is 0 Å². The summed E-state index contributed by atoms with van der Waals surface area (Å²) < 4.78 is 13.3. The van der Waals surface area contributed by atoms with E-state index < -0.39 is 0 Å². The highest BCUT2D eigenvalue weighted by molar-refractivity contribution is 5.26. The minimum absolute atomic E-state index is 0.123. The Hall–Kier alpha value is -0.930. The van der Waals surface area contributed by atoms with Gasteiger partial charge in [-0.25, -0.2) is 4.39 Å². The molecule has 1 fully saturated rings. The fourth-order valence-electron chi connectivity index (χ4n) is 2.65. The molecular weight excluding hydrogens is 215 g/mol. The van der Waals surface area contributed by atoms with Crippen molar-refractivity contribution in [1.29, 1.82) is 0 Å². The van der Waals surface area contributed by atoms with Gasteiger partial charge >= 0.3 is 0 Å². The van der Waals surface area contributed by atoms with Crippen molar-refractivity contribution in [3.05, 3.63) is 35.1 Å². The molecule has 0 radical (unpaired) electrons. The molecule has 94 valence electrons. The molecule has 2 rings (SSSR count). The van der Waals surface area contributed by atoms with Gasteiger partial charge in [0.1, 0.15) is 5.82 Å². The Morgan fingerprint density at radius 3 is 2.65 bits per heavy atom. The fraction of sp³-hybridized carbons (Fsp3) is 0.571. The van der Waals surface area contributed by atoms with Crippen LogP contribution in [0.25, 0.3) is 0 Å². The molecule has 1 atom stereocenters. The summed E-state index contributed by atoms with van der Waals surface area (Å²) in [5, 5.41) is 0. The lowest BCUT2D eigenvalue weighted by Gasteiger charge is -2.28. The van der Waals surface area contributed by atoms with E-state index in [4.69, 9.17) is 5.73 Å². The normalized spacial score (nSPS) is 18.5. The van der Waals surface area contributed by atoms with Gasteiger partial charge in [0, 0.05) is 6.04 Å².